The second kappa shape index (κ2) is 6.46. The van der Waals surface area contributed by atoms with Gasteiger partial charge in [-0.1, -0.05) is 42.5 Å². The summed E-state index contributed by atoms with van der Waals surface area (Å²) in [5, 5.41) is 14.4. The second-order valence-electron chi connectivity index (χ2n) is 6.24. The van der Waals surface area contributed by atoms with Crippen LogP contribution in [0.3, 0.4) is 0 Å². The molecule has 0 aliphatic rings. The normalized spacial score (nSPS) is 11.8. The number of alkyl halides is 3. The quantitative estimate of drug-likeness (QED) is 0.520. The Bertz CT molecular complexity index is 1080. The maximum Gasteiger partial charge on any atom is 0.418 e. The number of para-hydroxylation sites is 1. The fraction of sp³-hybridized carbons (Fsp3) is 0.0952. The Kier molecular flexibility index (Phi) is 4.11. The lowest BCUT2D eigenvalue weighted by Gasteiger charge is -2.11. The highest BCUT2D eigenvalue weighted by Crippen LogP contribution is 2.38. The summed E-state index contributed by atoms with van der Waals surface area (Å²) in [4.78, 5) is 0. The number of phenolic OH excluding ortho intramolecular Hbond substituents is 1. The molecule has 1 N–H and O–H groups in total. The Morgan fingerprint density at radius 1 is 0.852 bits per heavy atom. The van der Waals surface area contributed by atoms with E-state index >= 15 is 0 Å². The number of nitrogens with zero attached hydrogens (tertiary/aromatic N) is 2. The number of fused-ring (bicyclic) bond motifs is 1. The van der Waals surface area contributed by atoms with E-state index in [-0.39, 0.29) is 17.8 Å². The number of benzene rings is 3. The first kappa shape index (κ1) is 17.1. The molecule has 6 heteroatoms. The van der Waals surface area contributed by atoms with Crippen molar-refractivity contribution in [3.05, 3.63) is 83.9 Å². The third-order valence-electron chi connectivity index (χ3n) is 4.39. The standard InChI is InChI=1S/C21H15F3N2O/c22-21(23,24)18-8-4-7-17-19(15-9-11-16(27)12-10-15)25-26(20(17)18)13-14-5-2-1-3-6-14/h1-12,27H,13H2. The molecule has 0 unspecified atom stereocenters. The van der Waals surface area contributed by atoms with Crippen molar-refractivity contribution in [2.75, 3.05) is 0 Å². The van der Waals surface area contributed by atoms with E-state index in [4.69, 9.17) is 0 Å². The highest BCUT2D eigenvalue weighted by Gasteiger charge is 2.34. The minimum Gasteiger partial charge on any atom is -0.508 e. The fourth-order valence-electron chi connectivity index (χ4n) is 3.17. The predicted octanol–water partition coefficient (Wildman–Crippen LogP) is 5.48. The summed E-state index contributed by atoms with van der Waals surface area (Å²) in [6, 6.07) is 19.6. The molecule has 0 spiro atoms. The van der Waals surface area contributed by atoms with Crippen LogP contribution in [0.15, 0.2) is 72.8 Å². The summed E-state index contributed by atoms with van der Waals surface area (Å²) >= 11 is 0. The Labute approximate surface area is 153 Å². The van der Waals surface area contributed by atoms with E-state index in [1.165, 1.54) is 22.9 Å². The lowest BCUT2D eigenvalue weighted by atomic mass is 10.0. The first-order valence-corrected chi connectivity index (χ1v) is 8.33. The zero-order valence-electron chi connectivity index (χ0n) is 14.1. The second-order valence-corrected chi connectivity index (χ2v) is 6.24. The number of hydrogen-bond donors (Lipinski definition) is 1. The molecule has 1 heterocycles. The van der Waals surface area contributed by atoms with Crippen LogP contribution < -0.4 is 0 Å². The van der Waals surface area contributed by atoms with Crippen molar-refractivity contribution < 1.29 is 18.3 Å². The molecule has 4 aromatic rings. The number of rotatable bonds is 3. The van der Waals surface area contributed by atoms with Crippen LogP contribution in [0, 0.1) is 0 Å². The van der Waals surface area contributed by atoms with E-state index in [0.717, 1.165) is 11.6 Å². The number of hydrogen-bond acceptors (Lipinski definition) is 2. The number of aromatic hydroxyl groups is 1. The summed E-state index contributed by atoms with van der Waals surface area (Å²) in [7, 11) is 0. The number of aromatic nitrogens is 2. The summed E-state index contributed by atoms with van der Waals surface area (Å²) in [5.41, 5.74) is 1.29. The van der Waals surface area contributed by atoms with Crippen molar-refractivity contribution in [3.63, 3.8) is 0 Å². The molecule has 3 aromatic carbocycles. The average Bonchev–Trinajstić information content (AvgIpc) is 3.01. The van der Waals surface area contributed by atoms with Gasteiger partial charge in [-0.2, -0.15) is 18.3 Å². The molecular weight excluding hydrogens is 353 g/mol. The molecule has 136 valence electrons. The molecule has 0 fully saturated rings. The molecule has 3 nitrogen and oxygen atoms in total. The Hall–Kier alpha value is -3.28. The van der Waals surface area contributed by atoms with Gasteiger partial charge in [0.2, 0.25) is 0 Å². The lowest BCUT2D eigenvalue weighted by Crippen LogP contribution is -2.10. The van der Waals surface area contributed by atoms with Crippen LogP contribution >= 0.6 is 0 Å². The molecule has 0 amide bonds. The van der Waals surface area contributed by atoms with Crippen molar-refractivity contribution in [2.45, 2.75) is 12.7 Å². The molecule has 0 saturated carbocycles. The molecule has 0 radical (unpaired) electrons. The summed E-state index contributed by atoms with van der Waals surface area (Å²) in [5.74, 6) is 0.0859. The van der Waals surface area contributed by atoms with Crippen molar-refractivity contribution in [1.82, 2.24) is 9.78 Å². The first-order valence-electron chi connectivity index (χ1n) is 8.33. The number of phenols is 1. The molecular formula is C21H15F3N2O. The summed E-state index contributed by atoms with van der Waals surface area (Å²) in [6.07, 6.45) is -4.49. The van der Waals surface area contributed by atoms with Crippen LogP contribution in [0.5, 0.6) is 5.75 Å². The molecule has 0 atom stereocenters. The molecule has 0 bridgehead atoms. The van der Waals surface area contributed by atoms with Gasteiger partial charge in [0.25, 0.3) is 0 Å². The molecule has 4 rings (SSSR count). The third-order valence-corrected chi connectivity index (χ3v) is 4.39. The van der Waals surface area contributed by atoms with E-state index < -0.39 is 11.7 Å². The zero-order valence-corrected chi connectivity index (χ0v) is 14.1. The van der Waals surface area contributed by atoms with Gasteiger partial charge in [0.15, 0.2) is 0 Å². The average molecular weight is 368 g/mol. The molecule has 1 aromatic heterocycles. The highest BCUT2D eigenvalue weighted by atomic mass is 19.4. The van der Waals surface area contributed by atoms with Crippen LogP contribution in [0.1, 0.15) is 11.1 Å². The van der Waals surface area contributed by atoms with Gasteiger partial charge in [-0.15, -0.1) is 0 Å². The van der Waals surface area contributed by atoms with Crippen LogP contribution in [0.25, 0.3) is 22.2 Å². The van der Waals surface area contributed by atoms with Crippen LogP contribution in [0.4, 0.5) is 13.2 Å². The smallest absolute Gasteiger partial charge is 0.418 e. The van der Waals surface area contributed by atoms with Gasteiger partial charge in [-0.3, -0.25) is 4.68 Å². The van der Waals surface area contributed by atoms with Gasteiger partial charge in [-0.25, -0.2) is 0 Å². The van der Waals surface area contributed by atoms with Crippen LogP contribution in [-0.2, 0) is 12.7 Å². The van der Waals surface area contributed by atoms with Crippen molar-refractivity contribution in [1.29, 1.82) is 0 Å². The van der Waals surface area contributed by atoms with Gasteiger partial charge in [0.1, 0.15) is 11.4 Å². The summed E-state index contributed by atoms with van der Waals surface area (Å²) < 4.78 is 42.3. The minimum atomic E-state index is -4.49. The summed E-state index contributed by atoms with van der Waals surface area (Å²) in [6.45, 7) is 0.225. The SMILES string of the molecule is Oc1ccc(-c2nn(Cc3ccccc3)c3c(C(F)(F)F)cccc23)cc1. The largest absolute Gasteiger partial charge is 0.508 e. The van der Waals surface area contributed by atoms with Crippen LogP contribution in [-0.4, -0.2) is 14.9 Å². The van der Waals surface area contributed by atoms with Gasteiger partial charge in [0.05, 0.1) is 17.6 Å². The van der Waals surface area contributed by atoms with Gasteiger partial charge in [-0.05, 0) is 35.9 Å². The van der Waals surface area contributed by atoms with Gasteiger partial charge < -0.3 is 5.11 Å². The van der Waals surface area contributed by atoms with Crippen molar-refractivity contribution in [2.24, 2.45) is 0 Å². The highest BCUT2D eigenvalue weighted by molar-refractivity contribution is 5.95. The van der Waals surface area contributed by atoms with E-state index in [1.807, 2.05) is 30.3 Å². The lowest BCUT2D eigenvalue weighted by molar-refractivity contribution is -0.136. The Morgan fingerprint density at radius 2 is 1.56 bits per heavy atom. The maximum absolute atomic E-state index is 13.6. The van der Waals surface area contributed by atoms with Crippen molar-refractivity contribution >= 4 is 10.9 Å². The Balaban J connectivity index is 1.96. The maximum atomic E-state index is 13.6. The van der Waals surface area contributed by atoms with Gasteiger partial charge in [0, 0.05) is 10.9 Å². The van der Waals surface area contributed by atoms with Gasteiger partial charge >= 0.3 is 6.18 Å². The Morgan fingerprint density at radius 3 is 2.22 bits per heavy atom. The zero-order chi connectivity index (χ0) is 19.0. The van der Waals surface area contributed by atoms with Crippen LogP contribution in [0.2, 0.25) is 0 Å². The topological polar surface area (TPSA) is 38.1 Å². The van der Waals surface area contributed by atoms with E-state index in [1.54, 1.807) is 18.2 Å². The third kappa shape index (κ3) is 3.26. The molecule has 0 aliphatic heterocycles. The molecule has 0 saturated heterocycles. The fourth-order valence-corrected chi connectivity index (χ4v) is 3.17. The first-order chi connectivity index (χ1) is 12.9. The molecule has 0 aliphatic carbocycles. The van der Waals surface area contributed by atoms with E-state index in [0.29, 0.717) is 16.6 Å². The monoisotopic (exact) mass is 368 g/mol. The van der Waals surface area contributed by atoms with Crippen molar-refractivity contribution in [3.8, 4) is 17.0 Å². The minimum absolute atomic E-state index is 0.0527. The molecule has 27 heavy (non-hydrogen) atoms. The predicted molar refractivity (Wildman–Crippen MR) is 97.4 cm³/mol. The number of halogens is 3. The van der Waals surface area contributed by atoms with E-state index in [2.05, 4.69) is 5.10 Å². The van der Waals surface area contributed by atoms with E-state index in [9.17, 15) is 18.3 Å².